The summed E-state index contributed by atoms with van der Waals surface area (Å²) in [5.74, 6) is 0. The van der Waals surface area contributed by atoms with Gasteiger partial charge in [0, 0.05) is 6.07 Å². The van der Waals surface area contributed by atoms with E-state index in [1.807, 2.05) is 13.8 Å². The van der Waals surface area contributed by atoms with E-state index < -0.39 is 0 Å². The summed E-state index contributed by atoms with van der Waals surface area (Å²) in [6.45, 7) is 4.07. The number of hydrogen-bond acceptors (Lipinski definition) is 3. The first-order valence-electron chi connectivity index (χ1n) is 3.39. The van der Waals surface area contributed by atoms with Crippen LogP contribution < -0.4 is 0 Å². The number of rotatable bonds is 0. The Labute approximate surface area is 69.2 Å². The minimum atomic E-state index is 0.896. The van der Waals surface area contributed by atoms with Gasteiger partial charge in [-0.15, -0.1) is 0 Å². The highest BCUT2D eigenvalue weighted by Crippen LogP contribution is 2.16. The summed E-state index contributed by atoms with van der Waals surface area (Å²) < 4.78 is 8.27. The molecule has 0 amide bonds. The minimum absolute atomic E-state index is 0.896. The molecular weight excluding hydrogens is 156 g/mol. The third kappa shape index (κ3) is 1.01. The molecule has 0 atom stereocenters. The predicted molar refractivity (Wildman–Crippen MR) is 45.7 cm³/mol. The summed E-state index contributed by atoms with van der Waals surface area (Å²) in [5, 5.41) is 0. The van der Waals surface area contributed by atoms with Crippen molar-refractivity contribution >= 4 is 22.8 Å². The van der Waals surface area contributed by atoms with Gasteiger partial charge in [0.05, 0.1) is 11.7 Å². The first-order chi connectivity index (χ1) is 5.27. The van der Waals surface area contributed by atoms with Gasteiger partial charge in [-0.25, -0.2) is 0 Å². The van der Waals surface area contributed by atoms with Crippen LogP contribution in [0.3, 0.4) is 0 Å². The van der Waals surface area contributed by atoms with Crippen molar-refractivity contribution in [3.8, 4) is 0 Å². The van der Waals surface area contributed by atoms with Gasteiger partial charge in [-0.1, -0.05) is 6.07 Å². The van der Waals surface area contributed by atoms with Crippen LogP contribution in [0.25, 0.3) is 11.0 Å². The van der Waals surface area contributed by atoms with Crippen molar-refractivity contribution in [1.82, 2.24) is 8.75 Å². The Morgan fingerprint density at radius 1 is 1.36 bits per heavy atom. The van der Waals surface area contributed by atoms with Crippen LogP contribution >= 0.6 is 11.7 Å². The molecule has 0 aliphatic carbocycles. The van der Waals surface area contributed by atoms with E-state index in [0.29, 0.717) is 0 Å². The average molecular weight is 163 g/mol. The average Bonchev–Trinajstić information content (AvgIpc) is 2.34. The number of nitrogens with zero attached hydrogens (tertiary/aromatic N) is 2. The van der Waals surface area contributed by atoms with Crippen LogP contribution in [-0.2, 0) is 0 Å². The number of hydrogen-bond donors (Lipinski definition) is 0. The molecule has 0 saturated carbocycles. The smallest absolute Gasteiger partial charge is 0.113 e. The van der Waals surface area contributed by atoms with Crippen molar-refractivity contribution < 1.29 is 0 Å². The molecule has 0 spiro atoms. The Hall–Kier alpha value is -0.960. The Morgan fingerprint density at radius 3 is 3.00 bits per heavy atom. The van der Waals surface area contributed by atoms with Gasteiger partial charge in [-0.2, -0.15) is 8.75 Å². The fraction of sp³-hybridized carbons (Fsp3) is 0.250. The molecule has 1 aromatic carbocycles. The lowest BCUT2D eigenvalue weighted by Gasteiger charge is -1.93. The zero-order valence-electron chi connectivity index (χ0n) is 6.38. The first kappa shape index (κ1) is 6.73. The Morgan fingerprint density at radius 2 is 2.18 bits per heavy atom. The van der Waals surface area contributed by atoms with Gasteiger partial charge in [-0.3, -0.25) is 0 Å². The van der Waals surface area contributed by atoms with Crippen LogP contribution in [-0.4, -0.2) is 8.75 Å². The molecule has 1 aromatic heterocycles. The van der Waals surface area contributed by atoms with Gasteiger partial charge < -0.3 is 0 Å². The van der Waals surface area contributed by atoms with Gasteiger partial charge in [0.1, 0.15) is 11.0 Å². The van der Waals surface area contributed by atoms with E-state index in [1.165, 1.54) is 17.3 Å². The molecule has 55 valence electrons. The number of fused-ring (bicyclic) bond motifs is 1. The molecule has 0 bridgehead atoms. The van der Waals surface area contributed by atoms with Crippen LogP contribution in [0.5, 0.6) is 0 Å². The number of benzene rings is 1. The molecule has 0 saturated heterocycles. The quantitative estimate of drug-likeness (QED) is 0.594. The fourth-order valence-electron chi connectivity index (χ4n) is 1.15. The monoisotopic (exact) mass is 163 g/mol. The van der Waals surface area contributed by atoms with E-state index in [2.05, 4.69) is 20.9 Å². The van der Waals surface area contributed by atoms with E-state index in [0.717, 1.165) is 16.6 Å². The lowest BCUT2D eigenvalue weighted by atomic mass is 10.1. The fourth-order valence-corrected chi connectivity index (χ4v) is 1.71. The largest absolute Gasteiger partial charge is 0.173 e. The summed E-state index contributed by atoms with van der Waals surface area (Å²) in [4.78, 5) is 0. The van der Waals surface area contributed by atoms with Crippen molar-refractivity contribution in [1.29, 1.82) is 0 Å². The second-order valence-electron chi connectivity index (χ2n) is 2.60. The van der Waals surface area contributed by atoms with Crippen molar-refractivity contribution in [2.75, 3.05) is 0 Å². The molecule has 0 unspecified atom stereocenters. The topological polar surface area (TPSA) is 25.8 Å². The Bertz CT molecular complexity index is 392. The molecule has 11 heavy (non-hydrogen) atoms. The molecule has 0 aliphatic rings. The number of aryl methyl sites for hydroxylation is 2. The van der Waals surface area contributed by atoms with Crippen LogP contribution in [0.4, 0.5) is 0 Å². The lowest BCUT2D eigenvalue weighted by Crippen LogP contribution is -1.79. The van der Waals surface area contributed by atoms with Crippen molar-refractivity contribution in [2.45, 2.75) is 13.8 Å². The van der Waals surface area contributed by atoms with Crippen molar-refractivity contribution in [3.63, 3.8) is 0 Å². The molecule has 0 N–H and O–H groups in total. The second-order valence-corrected chi connectivity index (χ2v) is 3.13. The molecule has 2 aromatic rings. The molecule has 3 heteroatoms. The Kier molecular flexibility index (Phi) is 1.39. The maximum Gasteiger partial charge on any atom is 0.113 e. The minimum Gasteiger partial charge on any atom is -0.173 e. The van der Waals surface area contributed by atoms with E-state index in [-0.39, 0.29) is 0 Å². The second kappa shape index (κ2) is 2.27. The molecule has 2 nitrogen and oxygen atoms in total. The van der Waals surface area contributed by atoms with Crippen LogP contribution in [0.1, 0.15) is 11.1 Å². The normalized spacial score (nSPS) is 10.7. The van der Waals surface area contributed by atoms with Gasteiger partial charge in [0.2, 0.25) is 0 Å². The van der Waals surface area contributed by atoms with Gasteiger partial charge in [-0.05, 0) is 25.0 Å². The van der Waals surface area contributed by atoms with Crippen molar-refractivity contribution in [3.05, 3.63) is 23.3 Å². The van der Waals surface area contributed by atoms with Crippen molar-refractivity contribution in [2.24, 2.45) is 0 Å². The SMILES string of the molecule is Cc1[c]c2nsnc2c(C)c1. The highest BCUT2D eigenvalue weighted by atomic mass is 32.1. The zero-order valence-corrected chi connectivity index (χ0v) is 7.20. The molecular formula is C8H7N2S. The molecule has 0 aliphatic heterocycles. The summed E-state index contributed by atoms with van der Waals surface area (Å²) in [5.41, 5.74) is 4.20. The van der Waals surface area contributed by atoms with Crippen LogP contribution in [0, 0.1) is 19.9 Å². The Balaban J connectivity index is 2.91. The van der Waals surface area contributed by atoms with E-state index >= 15 is 0 Å². The molecule has 0 fully saturated rings. The van der Waals surface area contributed by atoms with Gasteiger partial charge in [0.15, 0.2) is 0 Å². The summed E-state index contributed by atoms with van der Waals surface area (Å²) in [7, 11) is 0. The summed E-state index contributed by atoms with van der Waals surface area (Å²) >= 11 is 1.24. The van der Waals surface area contributed by atoms with Gasteiger partial charge in [0.25, 0.3) is 0 Å². The molecule has 1 heterocycles. The van der Waals surface area contributed by atoms with E-state index in [9.17, 15) is 0 Å². The first-order valence-corrected chi connectivity index (χ1v) is 4.12. The highest BCUT2D eigenvalue weighted by molar-refractivity contribution is 7.00. The lowest BCUT2D eigenvalue weighted by molar-refractivity contribution is 1.40. The number of aromatic nitrogens is 2. The van der Waals surface area contributed by atoms with Crippen LogP contribution in [0.15, 0.2) is 6.07 Å². The predicted octanol–water partition coefficient (Wildman–Crippen LogP) is 2.11. The molecule has 2 rings (SSSR count). The van der Waals surface area contributed by atoms with E-state index in [1.54, 1.807) is 0 Å². The maximum atomic E-state index is 4.16. The van der Waals surface area contributed by atoms with Gasteiger partial charge >= 0.3 is 0 Å². The third-order valence-corrected chi connectivity index (χ3v) is 2.14. The maximum absolute atomic E-state index is 4.16. The standard InChI is InChI=1S/C8H7N2S/c1-5-3-6(2)8-7(4-5)9-11-10-8/h3H,1-2H3. The summed E-state index contributed by atoms with van der Waals surface area (Å²) in [6, 6.07) is 5.22. The third-order valence-electron chi connectivity index (χ3n) is 1.61. The summed E-state index contributed by atoms with van der Waals surface area (Å²) in [6.07, 6.45) is 0. The van der Waals surface area contributed by atoms with Crippen LogP contribution in [0.2, 0.25) is 0 Å². The zero-order chi connectivity index (χ0) is 7.84. The van der Waals surface area contributed by atoms with E-state index in [4.69, 9.17) is 0 Å². The highest BCUT2D eigenvalue weighted by Gasteiger charge is 2.01. The molecule has 1 radical (unpaired) electrons.